The smallest absolute Gasteiger partial charge is 0.273 e. The molecule has 0 bridgehead atoms. The summed E-state index contributed by atoms with van der Waals surface area (Å²) in [5.41, 5.74) is 1.81. The summed E-state index contributed by atoms with van der Waals surface area (Å²) in [4.78, 5) is 28.8. The van der Waals surface area contributed by atoms with E-state index in [1.54, 1.807) is 37.3 Å². The van der Waals surface area contributed by atoms with Gasteiger partial charge in [-0.2, -0.15) is 0 Å². The molecule has 2 N–H and O–H groups in total. The highest BCUT2D eigenvalue weighted by Crippen LogP contribution is 2.27. The molecule has 0 radical (unpaired) electrons. The van der Waals surface area contributed by atoms with E-state index in [0.29, 0.717) is 40.1 Å². The van der Waals surface area contributed by atoms with Crippen LogP contribution in [0.15, 0.2) is 36.5 Å². The molecule has 0 saturated heterocycles. The van der Waals surface area contributed by atoms with Crippen LogP contribution in [0, 0.1) is 6.92 Å². The third-order valence-corrected chi connectivity index (χ3v) is 5.34. The third-order valence-electron chi connectivity index (χ3n) is 5.12. The minimum Gasteiger partial charge on any atom is -0.488 e. The number of halogens is 1. The summed E-state index contributed by atoms with van der Waals surface area (Å²) in [7, 11) is 0. The number of hydrogen-bond acceptors (Lipinski definition) is 7. The maximum Gasteiger partial charge on any atom is 0.273 e. The lowest BCUT2D eigenvalue weighted by molar-refractivity contribution is 0.0940. The first-order chi connectivity index (χ1) is 16.5. The van der Waals surface area contributed by atoms with E-state index in [4.69, 9.17) is 21.1 Å². The Balaban J connectivity index is 1.53. The number of nitrogens with zero attached hydrogens (tertiary/aromatic N) is 4. The first-order valence-corrected chi connectivity index (χ1v) is 11.4. The second-order valence-electron chi connectivity index (χ2n) is 7.74. The lowest BCUT2D eigenvalue weighted by atomic mass is 10.1. The zero-order chi connectivity index (χ0) is 24.1. The van der Waals surface area contributed by atoms with Gasteiger partial charge in [-0.1, -0.05) is 16.8 Å². The molecular weight excluding hydrogens is 460 g/mol. The van der Waals surface area contributed by atoms with Crippen LogP contribution in [0.2, 0.25) is 5.15 Å². The van der Waals surface area contributed by atoms with Crippen LogP contribution in [0.5, 0.6) is 11.5 Å². The molecule has 1 aromatic carbocycles. The summed E-state index contributed by atoms with van der Waals surface area (Å²) < 4.78 is 13.1. The average molecular weight is 485 g/mol. The minimum absolute atomic E-state index is 0.192. The molecule has 0 aliphatic heterocycles. The number of pyridine rings is 1. The van der Waals surface area contributed by atoms with Gasteiger partial charge >= 0.3 is 0 Å². The van der Waals surface area contributed by atoms with Crippen LogP contribution in [-0.4, -0.2) is 57.6 Å². The third kappa shape index (κ3) is 5.63. The zero-order valence-electron chi connectivity index (χ0n) is 18.9. The summed E-state index contributed by atoms with van der Waals surface area (Å²) in [6.45, 7) is 4.54. The van der Waals surface area contributed by atoms with Crippen molar-refractivity contribution in [2.75, 3.05) is 19.8 Å². The highest BCUT2D eigenvalue weighted by molar-refractivity contribution is 6.29. The maximum atomic E-state index is 12.5. The molecule has 2 aromatic heterocycles. The Bertz CT molecular complexity index is 1180. The van der Waals surface area contributed by atoms with Gasteiger partial charge in [0.05, 0.1) is 11.9 Å². The fraction of sp³-hybridized carbons (Fsp3) is 0.348. The Morgan fingerprint density at radius 2 is 1.94 bits per heavy atom. The topological polar surface area (TPSA) is 120 Å². The van der Waals surface area contributed by atoms with Crippen molar-refractivity contribution in [3.8, 4) is 17.2 Å². The molecule has 0 atom stereocenters. The van der Waals surface area contributed by atoms with Crippen LogP contribution in [0.25, 0.3) is 5.69 Å². The van der Waals surface area contributed by atoms with Crippen LogP contribution in [0.1, 0.15) is 46.3 Å². The van der Waals surface area contributed by atoms with E-state index in [-0.39, 0.29) is 36.8 Å². The van der Waals surface area contributed by atoms with Gasteiger partial charge in [0.25, 0.3) is 11.8 Å². The van der Waals surface area contributed by atoms with Gasteiger partial charge in [0.2, 0.25) is 0 Å². The lowest BCUT2D eigenvalue weighted by Crippen LogP contribution is -2.26. The Hall–Kier alpha value is -3.66. The number of benzene rings is 1. The fourth-order valence-electron chi connectivity index (χ4n) is 3.22. The van der Waals surface area contributed by atoms with Gasteiger partial charge in [-0.15, -0.1) is 5.10 Å². The van der Waals surface area contributed by atoms with Crippen molar-refractivity contribution < 1.29 is 19.1 Å². The van der Waals surface area contributed by atoms with E-state index in [0.717, 1.165) is 12.8 Å². The molecular formula is C23H25ClN6O4. The molecule has 1 fully saturated rings. The number of aromatic nitrogens is 4. The van der Waals surface area contributed by atoms with E-state index in [1.807, 2.05) is 6.92 Å². The number of ether oxygens (including phenoxy) is 2. The number of rotatable bonds is 10. The molecule has 1 saturated carbocycles. The van der Waals surface area contributed by atoms with Gasteiger partial charge in [0, 0.05) is 18.2 Å². The highest BCUT2D eigenvalue weighted by atomic mass is 35.5. The van der Waals surface area contributed by atoms with Gasteiger partial charge in [0.1, 0.15) is 35.6 Å². The number of nitrogens with one attached hydrogen (secondary N) is 2. The normalized spacial score (nSPS) is 12.8. The van der Waals surface area contributed by atoms with Crippen molar-refractivity contribution in [1.29, 1.82) is 0 Å². The van der Waals surface area contributed by atoms with Gasteiger partial charge in [-0.05, 0) is 57.0 Å². The Morgan fingerprint density at radius 1 is 1.15 bits per heavy atom. The molecule has 0 spiro atoms. The van der Waals surface area contributed by atoms with E-state index in [9.17, 15) is 9.59 Å². The van der Waals surface area contributed by atoms with Gasteiger partial charge in [-0.3, -0.25) is 9.59 Å². The van der Waals surface area contributed by atoms with Crippen LogP contribution in [0.4, 0.5) is 0 Å². The predicted octanol–water partition coefficient (Wildman–Crippen LogP) is 2.72. The van der Waals surface area contributed by atoms with Crippen molar-refractivity contribution in [3.63, 3.8) is 0 Å². The van der Waals surface area contributed by atoms with Crippen molar-refractivity contribution in [2.24, 2.45) is 0 Å². The zero-order valence-corrected chi connectivity index (χ0v) is 19.6. The predicted molar refractivity (Wildman–Crippen MR) is 125 cm³/mol. The quantitative estimate of drug-likeness (QED) is 0.335. The van der Waals surface area contributed by atoms with E-state index in [2.05, 4.69) is 25.9 Å². The average Bonchev–Trinajstić information content (AvgIpc) is 3.56. The molecule has 178 valence electrons. The Kier molecular flexibility index (Phi) is 7.27. The second kappa shape index (κ2) is 10.5. The summed E-state index contributed by atoms with van der Waals surface area (Å²) in [5, 5.41) is 14.3. The van der Waals surface area contributed by atoms with Gasteiger partial charge in [0.15, 0.2) is 5.69 Å². The van der Waals surface area contributed by atoms with Gasteiger partial charge in [-0.25, -0.2) is 9.67 Å². The molecule has 1 aliphatic rings. The SMILES string of the molecule is CCNC(=O)c1ccc(-n2nnc(C(=O)NC3CC3)c2C)c(OCCOc2ccc(Cl)nc2)c1. The monoisotopic (exact) mass is 484 g/mol. The maximum absolute atomic E-state index is 12.5. The van der Waals surface area contributed by atoms with Crippen molar-refractivity contribution in [3.05, 3.63) is 58.6 Å². The van der Waals surface area contributed by atoms with Crippen molar-refractivity contribution in [2.45, 2.75) is 32.7 Å². The fourth-order valence-corrected chi connectivity index (χ4v) is 3.33. The molecule has 2 amide bonds. The van der Waals surface area contributed by atoms with E-state index < -0.39 is 0 Å². The lowest BCUT2D eigenvalue weighted by Gasteiger charge is -2.14. The van der Waals surface area contributed by atoms with Crippen molar-refractivity contribution in [1.82, 2.24) is 30.6 Å². The summed E-state index contributed by atoms with van der Waals surface area (Å²) in [6, 6.07) is 8.58. The van der Waals surface area contributed by atoms with Crippen LogP contribution < -0.4 is 20.1 Å². The molecule has 0 unspecified atom stereocenters. The molecule has 34 heavy (non-hydrogen) atoms. The summed E-state index contributed by atoms with van der Waals surface area (Å²) in [5.74, 6) is 0.492. The van der Waals surface area contributed by atoms with E-state index in [1.165, 1.54) is 10.9 Å². The molecule has 2 heterocycles. The molecule has 4 rings (SSSR count). The molecule has 1 aliphatic carbocycles. The largest absolute Gasteiger partial charge is 0.488 e. The molecule has 3 aromatic rings. The van der Waals surface area contributed by atoms with Crippen LogP contribution in [-0.2, 0) is 0 Å². The number of carbonyl (C=O) groups is 2. The van der Waals surface area contributed by atoms with Crippen LogP contribution in [0.3, 0.4) is 0 Å². The minimum atomic E-state index is -0.252. The molecule has 11 heteroatoms. The first kappa shape index (κ1) is 23.5. The van der Waals surface area contributed by atoms with Crippen LogP contribution >= 0.6 is 11.6 Å². The number of carbonyl (C=O) groups excluding carboxylic acids is 2. The summed E-state index contributed by atoms with van der Waals surface area (Å²) >= 11 is 5.79. The number of hydrogen-bond donors (Lipinski definition) is 2. The second-order valence-corrected chi connectivity index (χ2v) is 8.13. The number of amides is 2. The standard InChI is InChI=1S/C23H25ClN6O4/c1-3-25-22(31)15-4-8-18(30-14(2)21(28-29-30)23(32)27-16-5-6-16)19(12-15)34-11-10-33-17-7-9-20(24)26-13-17/h4,7-9,12-13,16H,3,5-6,10-11H2,1-2H3,(H,25,31)(H,27,32). The Morgan fingerprint density at radius 3 is 2.65 bits per heavy atom. The Labute approximate surface area is 201 Å². The van der Waals surface area contributed by atoms with E-state index >= 15 is 0 Å². The van der Waals surface area contributed by atoms with Gasteiger partial charge < -0.3 is 20.1 Å². The first-order valence-electron chi connectivity index (χ1n) is 11.0. The highest BCUT2D eigenvalue weighted by Gasteiger charge is 2.27. The summed E-state index contributed by atoms with van der Waals surface area (Å²) in [6.07, 6.45) is 3.48. The van der Waals surface area contributed by atoms with Crippen molar-refractivity contribution >= 4 is 23.4 Å². The molecule has 10 nitrogen and oxygen atoms in total.